The van der Waals surface area contributed by atoms with Crippen molar-refractivity contribution in [3.05, 3.63) is 22.8 Å². The zero-order valence-electron chi connectivity index (χ0n) is 16.3. The molecule has 0 spiro atoms. The van der Waals surface area contributed by atoms with Crippen LogP contribution in [0.2, 0.25) is 0 Å². The third-order valence-electron chi connectivity index (χ3n) is 5.41. The zero-order chi connectivity index (χ0) is 19.1. The van der Waals surface area contributed by atoms with Crippen molar-refractivity contribution in [2.45, 2.75) is 89.9 Å². The number of ether oxygens (including phenoxy) is 3. The van der Waals surface area contributed by atoms with Gasteiger partial charge in [0.05, 0.1) is 5.03 Å². The molecule has 1 heterocycles. The maximum absolute atomic E-state index is 12.0. The lowest BCUT2D eigenvalue weighted by atomic mass is 9.81. The quantitative estimate of drug-likeness (QED) is 0.753. The fourth-order valence-corrected chi connectivity index (χ4v) is 4.24. The molecule has 0 aromatic rings. The maximum atomic E-state index is 12.0. The third kappa shape index (κ3) is 4.26. The third-order valence-corrected chi connectivity index (χ3v) is 5.75. The van der Waals surface area contributed by atoms with E-state index in [1.807, 2.05) is 46.8 Å². The Bertz CT molecular complexity index is 588. The molecule has 3 atom stereocenters. The van der Waals surface area contributed by atoms with Crippen LogP contribution in [0.3, 0.4) is 0 Å². The van der Waals surface area contributed by atoms with E-state index in [0.29, 0.717) is 5.03 Å². The van der Waals surface area contributed by atoms with Gasteiger partial charge in [0, 0.05) is 12.0 Å². The van der Waals surface area contributed by atoms with Gasteiger partial charge in [-0.3, -0.25) is 0 Å². The van der Waals surface area contributed by atoms with Crippen molar-refractivity contribution in [1.82, 2.24) is 5.32 Å². The van der Waals surface area contributed by atoms with Crippen molar-refractivity contribution >= 4 is 17.7 Å². The van der Waals surface area contributed by atoms with Gasteiger partial charge in [0.2, 0.25) is 0 Å². The van der Waals surface area contributed by atoms with Crippen molar-refractivity contribution in [1.29, 1.82) is 0 Å². The molecule has 3 aliphatic rings. The van der Waals surface area contributed by atoms with E-state index in [9.17, 15) is 4.79 Å². The van der Waals surface area contributed by atoms with Crippen molar-refractivity contribution in [2.75, 3.05) is 0 Å². The summed E-state index contributed by atoms with van der Waals surface area (Å²) in [4.78, 5) is 12.0. The van der Waals surface area contributed by atoms with Crippen LogP contribution in [-0.2, 0) is 14.2 Å². The Morgan fingerprint density at radius 1 is 1.19 bits per heavy atom. The lowest BCUT2D eigenvalue weighted by molar-refractivity contribution is -0.200. The summed E-state index contributed by atoms with van der Waals surface area (Å²) in [5.74, 6) is -0.360. The summed E-state index contributed by atoms with van der Waals surface area (Å²) in [6.07, 6.45) is 6.89. The van der Waals surface area contributed by atoms with Gasteiger partial charge in [-0.25, -0.2) is 4.79 Å². The summed E-state index contributed by atoms with van der Waals surface area (Å²) in [6, 6.07) is 0.137. The fraction of sp³-hybridized carbons (Fsp3) is 0.750. The van der Waals surface area contributed by atoms with Crippen LogP contribution in [-0.4, -0.2) is 35.7 Å². The van der Waals surface area contributed by atoms with Crippen molar-refractivity contribution < 1.29 is 19.0 Å². The van der Waals surface area contributed by atoms with Gasteiger partial charge in [0.1, 0.15) is 17.8 Å². The first-order chi connectivity index (χ1) is 12.1. The number of nitrogens with one attached hydrogen (secondary N) is 1. The molecule has 5 nitrogen and oxygen atoms in total. The van der Waals surface area contributed by atoms with Crippen molar-refractivity contribution in [3.8, 4) is 0 Å². The van der Waals surface area contributed by atoms with Crippen LogP contribution in [0.5, 0.6) is 0 Å². The smallest absolute Gasteiger partial charge is 0.407 e. The summed E-state index contributed by atoms with van der Waals surface area (Å²) in [6.45, 7) is 9.68. The molecule has 2 fully saturated rings. The molecule has 146 valence electrons. The molecule has 1 amide bonds. The lowest BCUT2D eigenvalue weighted by Crippen LogP contribution is -2.45. The highest BCUT2D eigenvalue weighted by atomic mass is 35.5. The molecule has 26 heavy (non-hydrogen) atoms. The molecule has 1 aliphatic heterocycles. The minimum atomic E-state index is -0.639. The number of alkyl carbamates (subject to hydrolysis) is 1. The molecule has 2 unspecified atom stereocenters. The lowest BCUT2D eigenvalue weighted by Gasteiger charge is -2.38. The molecule has 1 N–H and O–H groups in total. The van der Waals surface area contributed by atoms with E-state index >= 15 is 0 Å². The van der Waals surface area contributed by atoms with Gasteiger partial charge in [0.15, 0.2) is 5.79 Å². The summed E-state index contributed by atoms with van der Waals surface area (Å²) in [5, 5.41) is 3.68. The second-order valence-electron chi connectivity index (χ2n) is 8.75. The Hall–Kier alpha value is -1.04. The molecule has 2 aliphatic carbocycles. The Morgan fingerprint density at radius 2 is 1.81 bits per heavy atom. The molecule has 1 saturated carbocycles. The first-order valence-corrected chi connectivity index (χ1v) is 9.84. The van der Waals surface area contributed by atoms with Crippen LogP contribution < -0.4 is 5.32 Å². The average molecular weight is 384 g/mol. The standard InChI is InChI=1S/C20H30ClNO4/c1-12-6-11-15(21)17-16(12)24-20(5,25-17)13-7-9-14(10-8-13)22-18(23)26-19(2,3)4/h6,11,13-14,16-17H,7-10H2,1-5H3,(H,22,23)/t13?,14?,16?,17?,20-/m1/s1. The van der Waals surface area contributed by atoms with Gasteiger partial charge in [0.25, 0.3) is 0 Å². The fourth-order valence-electron chi connectivity index (χ4n) is 4.02. The Balaban J connectivity index is 1.55. The van der Waals surface area contributed by atoms with Crippen LogP contribution in [0.4, 0.5) is 4.79 Å². The van der Waals surface area contributed by atoms with Crippen molar-refractivity contribution in [3.63, 3.8) is 0 Å². The first-order valence-electron chi connectivity index (χ1n) is 9.46. The zero-order valence-corrected chi connectivity index (χ0v) is 17.1. The molecule has 0 aromatic heterocycles. The van der Waals surface area contributed by atoms with Crippen LogP contribution in [0, 0.1) is 5.92 Å². The molecular weight excluding hydrogens is 354 g/mol. The number of hydrogen-bond donors (Lipinski definition) is 1. The SMILES string of the molecule is CC1=CC=C(Cl)C2O[C@](C)(C3CCC(NC(=O)OC(C)(C)C)CC3)OC12. The molecule has 6 heteroatoms. The molecule has 0 bridgehead atoms. The number of carbonyl (C=O) groups excluding carboxylic acids is 1. The normalized spacial score (nSPS) is 37.5. The topological polar surface area (TPSA) is 56.8 Å². The molecular formula is C20H30ClNO4. The number of carbonyl (C=O) groups is 1. The van der Waals surface area contributed by atoms with Crippen LogP contribution >= 0.6 is 11.6 Å². The minimum absolute atomic E-state index is 0.102. The maximum Gasteiger partial charge on any atom is 0.407 e. The summed E-state index contributed by atoms with van der Waals surface area (Å²) >= 11 is 6.33. The number of halogens is 1. The predicted molar refractivity (Wildman–Crippen MR) is 101 cm³/mol. The van der Waals surface area contributed by atoms with Crippen LogP contribution in [0.1, 0.15) is 60.3 Å². The molecule has 1 saturated heterocycles. The summed E-state index contributed by atoms with van der Waals surface area (Å²) in [7, 11) is 0. The van der Waals surface area contributed by atoms with Gasteiger partial charge < -0.3 is 19.5 Å². The monoisotopic (exact) mass is 383 g/mol. The van der Waals surface area contributed by atoms with E-state index in [4.69, 9.17) is 25.8 Å². The molecule has 0 radical (unpaired) electrons. The highest BCUT2D eigenvalue weighted by molar-refractivity contribution is 6.30. The van der Waals surface area contributed by atoms with Gasteiger partial charge in [-0.1, -0.05) is 17.7 Å². The highest BCUT2D eigenvalue weighted by Crippen LogP contribution is 2.46. The number of rotatable bonds is 2. The van der Waals surface area contributed by atoms with E-state index in [-0.39, 0.29) is 30.3 Å². The Morgan fingerprint density at radius 3 is 2.38 bits per heavy atom. The molecule has 3 rings (SSSR count). The van der Waals surface area contributed by atoms with E-state index < -0.39 is 11.4 Å². The number of allylic oxidation sites excluding steroid dienone is 2. The summed E-state index contributed by atoms with van der Waals surface area (Å²) < 4.78 is 18.0. The Labute approximate surface area is 161 Å². The van der Waals surface area contributed by atoms with Crippen molar-refractivity contribution in [2.24, 2.45) is 5.92 Å². The van der Waals surface area contributed by atoms with Gasteiger partial charge >= 0.3 is 6.09 Å². The highest BCUT2D eigenvalue weighted by Gasteiger charge is 2.51. The van der Waals surface area contributed by atoms with E-state index in [2.05, 4.69) is 5.32 Å². The van der Waals surface area contributed by atoms with Gasteiger partial charge in [-0.2, -0.15) is 0 Å². The minimum Gasteiger partial charge on any atom is -0.444 e. The number of fused-ring (bicyclic) bond motifs is 1. The second-order valence-corrected chi connectivity index (χ2v) is 9.19. The number of hydrogen-bond acceptors (Lipinski definition) is 4. The van der Waals surface area contributed by atoms with Crippen LogP contribution in [0.25, 0.3) is 0 Å². The largest absolute Gasteiger partial charge is 0.444 e. The first kappa shape index (κ1) is 19.7. The average Bonchev–Trinajstić information content (AvgIpc) is 2.90. The predicted octanol–water partition coefficient (Wildman–Crippen LogP) is 4.65. The summed E-state index contributed by atoms with van der Waals surface area (Å²) in [5.41, 5.74) is 0.665. The Kier molecular flexibility index (Phi) is 5.44. The van der Waals surface area contributed by atoms with Gasteiger partial charge in [-0.05, 0) is 72.0 Å². The number of amides is 1. The molecule has 0 aromatic carbocycles. The van der Waals surface area contributed by atoms with E-state index in [1.54, 1.807) is 0 Å². The van der Waals surface area contributed by atoms with E-state index in [1.165, 1.54) is 0 Å². The van der Waals surface area contributed by atoms with Gasteiger partial charge in [-0.15, -0.1) is 0 Å². The van der Waals surface area contributed by atoms with Crippen LogP contribution in [0.15, 0.2) is 22.8 Å². The second kappa shape index (κ2) is 7.17. The van der Waals surface area contributed by atoms with E-state index in [0.717, 1.165) is 31.3 Å².